The number of anilines is 2. The largest absolute Gasteiger partial charge is 0.478 e. The minimum atomic E-state index is -1.10. The molecule has 2 unspecified atom stereocenters. The molecule has 0 saturated carbocycles. The van der Waals surface area contributed by atoms with Gasteiger partial charge in [0, 0.05) is 75.7 Å². The average Bonchev–Trinajstić information content (AvgIpc) is 3.98. The molecule has 0 radical (unpaired) electrons. The van der Waals surface area contributed by atoms with Crippen molar-refractivity contribution < 1.29 is 32.3 Å². The maximum absolute atomic E-state index is 13.6. The summed E-state index contributed by atoms with van der Waals surface area (Å²) < 4.78 is 39.3. The molecule has 6 N–H and O–H groups in total. The second-order valence-corrected chi connectivity index (χ2v) is 16.6. The Kier molecular flexibility index (Phi) is 15.1. The van der Waals surface area contributed by atoms with Crippen molar-refractivity contribution in [3.8, 4) is 44.9 Å². The van der Waals surface area contributed by atoms with Gasteiger partial charge in [-0.1, -0.05) is 121 Å². The Morgan fingerprint density at radius 3 is 1.21 bits per heavy atom. The number of hydrogen-bond acceptors (Lipinski definition) is 7. The third-order valence-corrected chi connectivity index (χ3v) is 12.0. The van der Waals surface area contributed by atoms with Crippen LogP contribution in [0.2, 0.25) is 0 Å². The van der Waals surface area contributed by atoms with Crippen LogP contribution < -0.4 is 21.7 Å². The summed E-state index contributed by atoms with van der Waals surface area (Å²) in [4.78, 5) is 25.3. The lowest BCUT2D eigenvalue weighted by molar-refractivity contribution is 0.0698. The normalized spacial score (nSPS) is 11.6. The van der Waals surface area contributed by atoms with E-state index in [4.69, 9.17) is 8.83 Å². The fourth-order valence-corrected chi connectivity index (χ4v) is 8.53. The van der Waals surface area contributed by atoms with Gasteiger partial charge in [-0.15, -0.1) is 0 Å². The van der Waals surface area contributed by atoms with E-state index in [2.05, 4.69) is 59.8 Å². The molecular weight excluding hydrogens is 895 g/mol. The Bertz CT molecular complexity index is 3400. The molecule has 0 aliphatic heterocycles. The average molecular weight is 947 g/mol. The van der Waals surface area contributed by atoms with Gasteiger partial charge >= 0.3 is 5.97 Å². The van der Waals surface area contributed by atoms with Crippen molar-refractivity contribution in [3.63, 3.8) is 0 Å². The Hall–Kier alpha value is -8.80. The van der Waals surface area contributed by atoms with Gasteiger partial charge in [0.05, 0.1) is 5.56 Å². The van der Waals surface area contributed by atoms with Gasteiger partial charge in [-0.2, -0.15) is 0 Å². The summed E-state index contributed by atoms with van der Waals surface area (Å²) >= 11 is 0. The number of carboxylic acids is 1. The first kappa shape index (κ1) is 48.6. The number of nitrogens with one attached hydrogen (secondary N) is 3. The van der Waals surface area contributed by atoms with Crippen molar-refractivity contribution in [2.45, 2.75) is 25.9 Å². The second-order valence-electron chi connectivity index (χ2n) is 16.6. The van der Waals surface area contributed by atoms with Crippen molar-refractivity contribution in [1.29, 1.82) is 0 Å². The van der Waals surface area contributed by atoms with E-state index >= 15 is 0 Å². The van der Waals surface area contributed by atoms with E-state index in [1.165, 1.54) is 43.4 Å². The van der Waals surface area contributed by atoms with E-state index in [9.17, 15) is 23.5 Å². The Labute approximate surface area is 410 Å². The second kappa shape index (κ2) is 22.1. The van der Waals surface area contributed by atoms with E-state index in [0.29, 0.717) is 44.4 Å². The summed E-state index contributed by atoms with van der Waals surface area (Å²) in [6.07, 6.45) is 0. The Morgan fingerprint density at radius 2 is 0.845 bits per heavy atom. The molecule has 0 fully saturated rings. The SMILES string of the molecule is CC(Nc1cc2oc(-c3ccc(F)cc3)c(C(=O)O)c2cc1-c1ccccc1)c1ccccc1.CN.CNC(=O)c1c(-c2ccc(F)cc2)oc2cc(NC(C)c3ccccc3)c(-c3ccccc3)cc12. The number of nitrogens with two attached hydrogens (primary N) is 1. The summed E-state index contributed by atoms with van der Waals surface area (Å²) in [5.74, 6) is -1.50. The first-order valence-corrected chi connectivity index (χ1v) is 23.1. The lowest BCUT2D eigenvalue weighted by Gasteiger charge is -2.19. The van der Waals surface area contributed by atoms with E-state index in [0.717, 1.165) is 44.8 Å². The number of hydrogen-bond donors (Lipinski definition) is 5. The van der Waals surface area contributed by atoms with Gasteiger partial charge in [0.2, 0.25) is 0 Å². The van der Waals surface area contributed by atoms with Crippen molar-refractivity contribution in [2.24, 2.45) is 5.73 Å². The summed E-state index contributed by atoms with van der Waals surface area (Å²) in [6, 6.07) is 59.4. The first-order chi connectivity index (χ1) is 34.6. The maximum atomic E-state index is 13.6. The number of benzene rings is 8. The minimum Gasteiger partial charge on any atom is -0.478 e. The lowest BCUT2D eigenvalue weighted by Crippen LogP contribution is -2.18. The zero-order valence-corrected chi connectivity index (χ0v) is 39.5. The molecule has 8 aromatic carbocycles. The van der Waals surface area contributed by atoms with Crippen LogP contribution in [0, 0.1) is 11.6 Å². The monoisotopic (exact) mass is 946 g/mol. The van der Waals surface area contributed by atoms with Crippen LogP contribution in [0.4, 0.5) is 20.2 Å². The van der Waals surface area contributed by atoms with Crippen molar-refractivity contribution in [2.75, 3.05) is 24.7 Å². The molecule has 10 rings (SSSR count). The highest BCUT2D eigenvalue weighted by Gasteiger charge is 2.26. The summed E-state index contributed by atoms with van der Waals surface area (Å²) in [5.41, 5.74) is 14.9. The molecule has 0 bridgehead atoms. The van der Waals surface area contributed by atoms with Crippen molar-refractivity contribution in [1.82, 2.24) is 5.32 Å². The summed E-state index contributed by atoms with van der Waals surface area (Å²) in [5, 5.41) is 21.1. The summed E-state index contributed by atoms with van der Waals surface area (Å²) in [7, 11) is 3.09. The fourth-order valence-electron chi connectivity index (χ4n) is 8.53. The molecule has 0 aliphatic carbocycles. The van der Waals surface area contributed by atoms with E-state index in [-0.39, 0.29) is 35.1 Å². The lowest BCUT2D eigenvalue weighted by atomic mass is 9.97. The number of carbonyl (C=O) groups excluding carboxylic acids is 1. The molecule has 9 nitrogen and oxygen atoms in total. The van der Waals surface area contributed by atoms with Crippen molar-refractivity contribution in [3.05, 3.63) is 228 Å². The van der Waals surface area contributed by atoms with Gasteiger partial charge in [0.15, 0.2) is 0 Å². The molecule has 1 amide bonds. The number of carboxylic acid groups (broad SMARTS) is 1. The number of amides is 1. The predicted octanol–water partition coefficient (Wildman–Crippen LogP) is 14.8. The van der Waals surface area contributed by atoms with Gasteiger partial charge in [-0.3, -0.25) is 4.79 Å². The topological polar surface area (TPSA) is 143 Å². The standard InChI is InChI=1S/C30H25FN2O2.C29H22FNO3.CH5N/c1-19(20-9-5-3-6-10-20)33-26-18-27-25(17-24(26)21-11-7-4-8-12-21)28(30(34)32-2)29(35-27)22-13-15-23(31)16-14-22;1-18(19-8-4-2-5-9-19)31-25-17-26-24(16-23(25)20-10-6-3-7-11-20)27(29(32)33)28(34-26)21-12-14-22(30)15-13-21;1-2/h3-19,33H,1-2H3,(H,32,34);2-18,31H,1H3,(H,32,33);2H2,1H3. The third kappa shape index (κ3) is 10.8. The molecule has 2 aromatic heterocycles. The van der Waals surface area contributed by atoms with E-state index in [1.54, 1.807) is 19.2 Å². The third-order valence-electron chi connectivity index (χ3n) is 12.0. The predicted molar refractivity (Wildman–Crippen MR) is 282 cm³/mol. The molecule has 0 saturated heterocycles. The Balaban J connectivity index is 0.000000184. The molecule has 0 aliphatic rings. The zero-order chi connectivity index (χ0) is 50.0. The molecule has 0 spiro atoms. The molecule has 356 valence electrons. The van der Waals surface area contributed by atoms with Crippen LogP contribution in [0.15, 0.2) is 203 Å². The van der Waals surface area contributed by atoms with Crippen LogP contribution in [0.5, 0.6) is 0 Å². The number of halogens is 2. The number of rotatable bonds is 12. The number of furan rings is 2. The number of aromatic carboxylic acids is 1. The highest BCUT2D eigenvalue weighted by atomic mass is 19.1. The molecule has 2 atom stereocenters. The number of fused-ring (bicyclic) bond motifs is 2. The number of carbonyl (C=O) groups is 2. The smallest absolute Gasteiger partial charge is 0.340 e. The highest BCUT2D eigenvalue weighted by Crippen LogP contribution is 2.42. The quantitative estimate of drug-likeness (QED) is 0.0815. The molecular formula is C60H52F2N4O5. The highest BCUT2D eigenvalue weighted by molar-refractivity contribution is 6.13. The van der Waals surface area contributed by atoms with Crippen molar-refractivity contribution >= 4 is 45.2 Å². The molecule has 10 aromatic rings. The molecule has 11 heteroatoms. The van der Waals surface area contributed by atoms with E-state index < -0.39 is 11.8 Å². The van der Waals surface area contributed by atoms with Crippen LogP contribution in [-0.4, -0.2) is 31.1 Å². The fraction of sp³-hybridized carbons (Fsp3) is 0.100. The van der Waals surface area contributed by atoms with Crippen LogP contribution in [-0.2, 0) is 0 Å². The van der Waals surface area contributed by atoms with Gasteiger partial charge in [-0.05, 0) is 104 Å². The van der Waals surface area contributed by atoms with Gasteiger partial charge in [0.1, 0.15) is 39.9 Å². The summed E-state index contributed by atoms with van der Waals surface area (Å²) in [6.45, 7) is 4.18. The van der Waals surface area contributed by atoms with Gasteiger partial charge in [0.25, 0.3) is 5.91 Å². The first-order valence-electron chi connectivity index (χ1n) is 23.1. The van der Waals surface area contributed by atoms with Gasteiger partial charge in [-0.25, -0.2) is 13.6 Å². The van der Waals surface area contributed by atoms with Crippen LogP contribution in [0.25, 0.3) is 66.8 Å². The minimum absolute atomic E-state index is 0.00610. The maximum Gasteiger partial charge on any atom is 0.340 e. The van der Waals surface area contributed by atoms with E-state index in [1.807, 2.05) is 121 Å². The molecule has 2 heterocycles. The van der Waals surface area contributed by atoms with Crippen LogP contribution >= 0.6 is 0 Å². The zero-order valence-electron chi connectivity index (χ0n) is 39.5. The van der Waals surface area contributed by atoms with Crippen LogP contribution in [0.3, 0.4) is 0 Å². The van der Waals surface area contributed by atoms with Crippen LogP contribution in [0.1, 0.15) is 57.8 Å². The molecule has 71 heavy (non-hydrogen) atoms. The van der Waals surface area contributed by atoms with Gasteiger partial charge < -0.3 is 35.6 Å². The Morgan fingerprint density at radius 1 is 0.493 bits per heavy atom.